The molecule has 0 radical (unpaired) electrons. The number of likely N-dealkylation sites (N-methyl/N-ethyl adjacent to an activating group) is 3. The molecule has 5 heteroatoms. The van der Waals surface area contributed by atoms with Crippen LogP contribution in [0.1, 0.15) is 16.7 Å². The first-order chi connectivity index (χ1) is 9.83. The number of carbonyl (C=O) groups excluding carboxylic acids is 2. The fraction of sp³-hybridized carbons (Fsp3) is 0.500. The van der Waals surface area contributed by atoms with Gasteiger partial charge in [0.2, 0.25) is 11.8 Å². The van der Waals surface area contributed by atoms with Gasteiger partial charge in [-0.25, -0.2) is 0 Å². The molecule has 0 spiro atoms. The number of hydrogen-bond acceptors (Lipinski definition) is 3. The van der Waals surface area contributed by atoms with E-state index in [1.807, 2.05) is 11.9 Å². The predicted molar refractivity (Wildman–Crippen MR) is 84.0 cm³/mol. The lowest BCUT2D eigenvalue weighted by atomic mass is 10.1. The zero-order valence-electron chi connectivity index (χ0n) is 13.6. The van der Waals surface area contributed by atoms with Gasteiger partial charge in [-0.2, -0.15) is 0 Å². The van der Waals surface area contributed by atoms with Crippen molar-refractivity contribution in [1.82, 2.24) is 15.1 Å². The van der Waals surface area contributed by atoms with E-state index < -0.39 is 0 Å². The van der Waals surface area contributed by atoms with Crippen molar-refractivity contribution in [3.63, 3.8) is 0 Å². The molecule has 0 aliphatic rings. The second-order valence-electron chi connectivity index (χ2n) is 5.53. The van der Waals surface area contributed by atoms with Crippen LogP contribution in [0.2, 0.25) is 0 Å². The van der Waals surface area contributed by atoms with Gasteiger partial charge in [0.15, 0.2) is 0 Å². The Morgan fingerprint density at radius 1 is 1.14 bits per heavy atom. The van der Waals surface area contributed by atoms with Crippen LogP contribution in [-0.4, -0.2) is 55.8 Å². The lowest BCUT2D eigenvalue weighted by Crippen LogP contribution is -2.41. The lowest BCUT2D eigenvalue weighted by molar-refractivity contribution is -0.135. The zero-order valence-corrected chi connectivity index (χ0v) is 13.6. The van der Waals surface area contributed by atoms with Gasteiger partial charge in [0, 0.05) is 20.6 Å². The van der Waals surface area contributed by atoms with Crippen molar-refractivity contribution in [2.24, 2.45) is 0 Å². The molecule has 1 aromatic rings. The van der Waals surface area contributed by atoms with E-state index in [-0.39, 0.29) is 18.4 Å². The Bertz CT molecular complexity index is 514. The van der Waals surface area contributed by atoms with Crippen molar-refractivity contribution in [1.29, 1.82) is 0 Å². The average Bonchev–Trinajstić information content (AvgIpc) is 2.41. The van der Waals surface area contributed by atoms with E-state index in [1.54, 1.807) is 14.1 Å². The number of aryl methyl sites for hydroxylation is 2. The molecule has 1 aromatic carbocycles. The standard InChI is InChI=1S/C16H25N3O2/c1-12-6-7-14(13(2)8-12)9-18(4)11-16(21)19(5)10-15(20)17-3/h6-8H,9-11H2,1-5H3,(H,17,20). The maximum Gasteiger partial charge on any atom is 0.239 e. The first kappa shape index (κ1) is 17.2. The Hall–Kier alpha value is -1.88. The summed E-state index contributed by atoms with van der Waals surface area (Å²) >= 11 is 0. The molecular formula is C16H25N3O2. The molecule has 116 valence electrons. The van der Waals surface area contributed by atoms with Crippen molar-refractivity contribution in [2.45, 2.75) is 20.4 Å². The van der Waals surface area contributed by atoms with Gasteiger partial charge in [0.05, 0.1) is 13.1 Å². The normalized spacial score (nSPS) is 10.6. The third-order valence-corrected chi connectivity index (χ3v) is 3.43. The minimum absolute atomic E-state index is 0.0640. The van der Waals surface area contributed by atoms with Crippen molar-refractivity contribution in [3.05, 3.63) is 34.9 Å². The summed E-state index contributed by atoms with van der Waals surface area (Å²) in [6, 6.07) is 6.32. The highest BCUT2D eigenvalue weighted by Gasteiger charge is 2.14. The molecule has 0 fully saturated rings. The molecule has 21 heavy (non-hydrogen) atoms. The highest BCUT2D eigenvalue weighted by molar-refractivity contribution is 5.85. The van der Waals surface area contributed by atoms with Crippen molar-refractivity contribution in [2.75, 3.05) is 34.2 Å². The van der Waals surface area contributed by atoms with Crippen LogP contribution in [0.15, 0.2) is 18.2 Å². The monoisotopic (exact) mass is 291 g/mol. The summed E-state index contributed by atoms with van der Waals surface area (Å²) in [5, 5.41) is 2.51. The summed E-state index contributed by atoms with van der Waals surface area (Å²) in [6.07, 6.45) is 0. The number of nitrogens with one attached hydrogen (secondary N) is 1. The number of benzene rings is 1. The van der Waals surface area contributed by atoms with Gasteiger partial charge in [0.25, 0.3) is 0 Å². The molecule has 0 saturated carbocycles. The first-order valence-electron chi connectivity index (χ1n) is 7.02. The molecule has 0 unspecified atom stereocenters. The summed E-state index contributed by atoms with van der Waals surface area (Å²) in [7, 11) is 5.11. The molecule has 2 amide bonds. The third-order valence-electron chi connectivity index (χ3n) is 3.43. The fourth-order valence-electron chi connectivity index (χ4n) is 2.10. The topological polar surface area (TPSA) is 52.7 Å². The Morgan fingerprint density at radius 3 is 2.38 bits per heavy atom. The Labute approximate surface area is 126 Å². The van der Waals surface area contributed by atoms with Crippen molar-refractivity contribution >= 4 is 11.8 Å². The zero-order chi connectivity index (χ0) is 16.0. The van der Waals surface area contributed by atoms with Gasteiger partial charge >= 0.3 is 0 Å². The summed E-state index contributed by atoms with van der Waals surface area (Å²) < 4.78 is 0. The van der Waals surface area contributed by atoms with Crippen LogP contribution in [-0.2, 0) is 16.1 Å². The maximum atomic E-state index is 12.0. The van der Waals surface area contributed by atoms with Gasteiger partial charge < -0.3 is 10.2 Å². The van der Waals surface area contributed by atoms with Crippen LogP contribution in [0.4, 0.5) is 0 Å². The number of amides is 2. The smallest absolute Gasteiger partial charge is 0.239 e. The summed E-state index contributed by atoms with van der Waals surface area (Å²) in [6.45, 7) is 5.24. The maximum absolute atomic E-state index is 12.0. The van der Waals surface area contributed by atoms with Gasteiger partial charge in [-0.1, -0.05) is 23.8 Å². The number of hydrogen-bond donors (Lipinski definition) is 1. The minimum atomic E-state index is -0.164. The molecule has 0 saturated heterocycles. The average molecular weight is 291 g/mol. The summed E-state index contributed by atoms with van der Waals surface area (Å²) in [5.74, 6) is -0.228. The highest BCUT2D eigenvalue weighted by atomic mass is 16.2. The van der Waals surface area contributed by atoms with Crippen molar-refractivity contribution in [3.8, 4) is 0 Å². The van der Waals surface area contributed by atoms with E-state index in [2.05, 4.69) is 37.4 Å². The second kappa shape index (κ2) is 7.78. The van der Waals surface area contributed by atoms with Crippen LogP contribution < -0.4 is 5.32 Å². The lowest BCUT2D eigenvalue weighted by Gasteiger charge is -2.22. The van der Waals surface area contributed by atoms with E-state index in [9.17, 15) is 9.59 Å². The first-order valence-corrected chi connectivity index (χ1v) is 7.02. The van der Waals surface area contributed by atoms with Crippen LogP contribution in [0.5, 0.6) is 0 Å². The Balaban J connectivity index is 2.54. The molecule has 1 N–H and O–H groups in total. The van der Waals surface area contributed by atoms with E-state index in [0.29, 0.717) is 13.1 Å². The Kier molecular flexibility index (Phi) is 6.37. The number of rotatable bonds is 6. The van der Waals surface area contributed by atoms with Gasteiger partial charge in [-0.05, 0) is 32.0 Å². The van der Waals surface area contributed by atoms with Crippen LogP contribution in [0.3, 0.4) is 0 Å². The minimum Gasteiger partial charge on any atom is -0.358 e. The quantitative estimate of drug-likeness (QED) is 0.848. The van der Waals surface area contributed by atoms with Crippen LogP contribution in [0, 0.1) is 13.8 Å². The van der Waals surface area contributed by atoms with Gasteiger partial charge in [-0.3, -0.25) is 14.5 Å². The third kappa shape index (κ3) is 5.55. The molecule has 0 bridgehead atoms. The number of nitrogens with zero attached hydrogens (tertiary/aromatic N) is 2. The van der Waals surface area contributed by atoms with Gasteiger partial charge in [0.1, 0.15) is 0 Å². The fourth-order valence-corrected chi connectivity index (χ4v) is 2.10. The molecule has 1 rings (SSSR count). The molecular weight excluding hydrogens is 266 g/mol. The Morgan fingerprint density at radius 2 is 1.81 bits per heavy atom. The van der Waals surface area contributed by atoms with Gasteiger partial charge in [-0.15, -0.1) is 0 Å². The second-order valence-corrected chi connectivity index (χ2v) is 5.53. The molecule has 5 nitrogen and oxygen atoms in total. The molecule has 0 atom stereocenters. The SMILES string of the molecule is CNC(=O)CN(C)C(=O)CN(C)Cc1ccc(C)cc1C. The molecule has 0 aliphatic carbocycles. The summed E-state index contributed by atoms with van der Waals surface area (Å²) in [5.41, 5.74) is 3.68. The van der Waals surface area contributed by atoms with Crippen LogP contribution in [0.25, 0.3) is 0 Å². The highest BCUT2D eigenvalue weighted by Crippen LogP contribution is 2.12. The number of carbonyl (C=O) groups is 2. The molecule has 0 aliphatic heterocycles. The van der Waals surface area contributed by atoms with Crippen LogP contribution >= 0.6 is 0 Å². The molecule has 0 aromatic heterocycles. The van der Waals surface area contributed by atoms with E-state index in [0.717, 1.165) is 0 Å². The molecule has 0 heterocycles. The van der Waals surface area contributed by atoms with E-state index in [1.165, 1.54) is 21.6 Å². The summed E-state index contributed by atoms with van der Waals surface area (Å²) in [4.78, 5) is 26.7. The van der Waals surface area contributed by atoms with E-state index in [4.69, 9.17) is 0 Å². The largest absolute Gasteiger partial charge is 0.358 e. The predicted octanol–water partition coefficient (Wildman–Crippen LogP) is 0.940. The van der Waals surface area contributed by atoms with E-state index >= 15 is 0 Å². The van der Waals surface area contributed by atoms with Crippen molar-refractivity contribution < 1.29 is 9.59 Å².